The van der Waals surface area contributed by atoms with Crippen molar-refractivity contribution in [1.82, 2.24) is 0 Å². The van der Waals surface area contributed by atoms with Gasteiger partial charge in [-0.1, -0.05) is 24.3 Å². The largest absolute Gasteiger partial charge is 0.573 e. The van der Waals surface area contributed by atoms with E-state index in [-0.39, 0.29) is 16.9 Å². The highest BCUT2D eigenvalue weighted by Crippen LogP contribution is 2.49. The van der Waals surface area contributed by atoms with Gasteiger partial charge in [0.15, 0.2) is 0 Å². The molecule has 11 heteroatoms. The van der Waals surface area contributed by atoms with Crippen molar-refractivity contribution in [3.8, 4) is 33.8 Å². The molecule has 0 N–H and O–H groups in total. The number of methoxy groups -OCH3 is 1. The van der Waals surface area contributed by atoms with E-state index in [9.17, 15) is 39.5 Å². The van der Waals surface area contributed by atoms with Gasteiger partial charge in [-0.3, -0.25) is 0 Å². The molecular formula is C23H15F9O2. The van der Waals surface area contributed by atoms with Gasteiger partial charge in [0.1, 0.15) is 11.5 Å². The molecule has 0 unspecified atom stereocenters. The number of hydrogen-bond donors (Lipinski definition) is 0. The van der Waals surface area contributed by atoms with Crippen molar-refractivity contribution < 1.29 is 49.0 Å². The highest BCUT2D eigenvalue weighted by atomic mass is 19.4. The number of ether oxygens (including phenoxy) is 2. The number of halogens is 9. The van der Waals surface area contributed by atoms with Gasteiger partial charge in [-0.25, -0.2) is 0 Å². The van der Waals surface area contributed by atoms with Crippen molar-refractivity contribution in [2.24, 2.45) is 0 Å². The number of benzene rings is 3. The van der Waals surface area contributed by atoms with Crippen LogP contribution in [0, 0.1) is 6.92 Å². The van der Waals surface area contributed by atoms with Crippen LogP contribution < -0.4 is 9.47 Å². The van der Waals surface area contributed by atoms with Crippen LogP contribution in [0.4, 0.5) is 39.5 Å². The van der Waals surface area contributed by atoms with Crippen molar-refractivity contribution in [3.63, 3.8) is 0 Å². The lowest BCUT2D eigenvalue weighted by Crippen LogP contribution is -2.17. The zero-order chi connectivity index (χ0) is 25.5. The molecule has 0 heterocycles. The van der Waals surface area contributed by atoms with E-state index in [2.05, 4.69) is 4.74 Å². The Labute approximate surface area is 187 Å². The fourth-order valence-electron chi connectivity index (χ4n) is 3.59. The summed E-state index contributed by atoms with van der Waals surface area (Å²) in [7, 11) is 1.07. The van der Waals surface area contributed by atoms with Gasteiger partial charge in [-0.15, -0.1) is 13.2 Å². The average molecular weight is 494 g/mol. The van der Waals surface area contributed by atoms with Crippen LogP contribution in [-0.4, -0.2) is 13.5 Å². The van der Waals surface area contributed by atoms with Crippen molar-refractivity contribution >= 4 is 0 Å². The average Bonchev–Trinajstić information content (AvgIpc) is 2.70. The Bertz CT molecular complexity index is 1190. The summed E-state index contributed by atoms with van der Waals surface area (Å²) in [4.78, 5) is 0. The summed E-state index contributed by atoms with van der Waals surface area (Å²) in [5.41, 5.74) is -4.76. The van der Waals surface area contributed by atoms with Crippen LogP contribution in [-0.2, 0) is 12.4 Å². The molecule has 3 aromatic rings. The molecule has 0 spiro atoms. The molecule has 0 amide bonds. The van der Waals surface area contributed by atoms with Crippen LogP contribution in [0.1, 0.15) is 16.7 Å². The van der Waals surface area contributed by atoms with Gasteiger partial charge >= 0.3 is 18.7 Å². The van der Waals surface area contributed by atoms with Gasteiger partial charge in [-0.2, -0.15) is 26.3 Å². The molecule has 3 aromatic carbocycles. The molecule has 3 rings (SSSR count). The molecule has 0 aliphatic carbocycles. The zero-order valence-electron chi connectivity index (χ0n) is 17.4. The van der Waals surface area contributed by atoms with Gasteiger partial charge in [-0.05, 0) is 53.9 Å². The molecule has 2 nitrogen and oxygen atoms in total. The summed E-state index contributed by atoms with van der Waals surface area (Å²) in [6.45, 7) is 1.13. The Morgan fingerprint density at radius 1 is 0.647 bits per heavy atom. The lowest BCUT2D eigenvalue weighted by Gasteiger charge is -2.23. The first-order chi connectivity index (χ1) is 15.6. The molecule has 0 saturated carbocycles. The van der Waals surface area contributed by atoms with Gasteiger partial charge in [0.25, 0.3) is 0 Å². The van der Waals surface area contributed by atoms with E-state index >= 15 is 0 Å². The van der Waals surface area contributed by atoms with Crippen molar-refractivity contribution in [2.75, 3.05) is 7.11 Å². The molecule has 0 atom stereocenters. The van der Waals surface area contributed by atoms with E-state index < -0.39 is 52.3 Å². The molecule has 0 fully saturated rings. The van der Waals surface area contributed by atoms with E-state index in [4.69, 9.17) is 4.74 Å². The molecule has 0 radical (unpaired) electrons. The van der Waals surface area contributed by atoms with Crippen LogP contribution in [0.15, 0.2) is 54.6 Å². The quantitative estimate of drug-likeness (QED) is 0.340. The summed E-state index contributed by atoms with van der Waals surface area (Å²) in [5, 5.41) is 0. The predicted molar refractivity (Wildman–Crippen MR) is 105 cm³/mol. The molecule has 0 bridgehead atoms. The van der Waals surface area contributed by atoms with Crippen LogP contribution in [0.2, 0.25) is 0 Å². The lowest BCUT2D eigenvalue weighted by molar-refractivity contribution is -0.274. The maximum absolute atomic E-state index is 13.9. The van der Waals surface area contributed by atoms with E-state index in [1.165, 1.54) is 12.1 Å². The topological polar surface area (TPSA) is 18.5 Å². The van der Waals surface area contributed by atoms with Gasteiger partial charge in [0.05, 0.1) is 18.2 Å². The Morgan fingerprint density at radius 2 is 1.26 bits per heavy atom. The van der Waals surface area contributed by atoms with E-state index in [0.717, 1.165) is 38.3 Å². The molecule has 182 valence electrons. The minimum Gasteiger partial charge on any atom is -0.496 e. The standard InChI is InChI=1S/C23H15F9O2/c1-12-10-13(21(24,25)26)11-15(14-6-3-4-8-17(14)34-23(30,31)32)19(12)20-16(22(27,28)29)7-5-9-18(20)33-2/h3-11H,1-2H3. The first-order valence-electron chi connectivity index (χ1n) is 9.45. The maximum atomic E-state index is 13.9. The number of para-hydroxylation sites is 1. The van der Waals surface area contributed by atoms with Crippen LogP contribution >= 0.6 is 0 Å². The highest BCUT2D eigenvalue weighted by Gasteiger charge is 2.39. The molecule has 0 aliphatic rings. The number of hydrogen-bond acceptors (Lipinski definition) is 2. The molecule has 0 aliphatic heterocycles. The summed E-state index contributed by atoms with van der Waals surface area (Å²) >= 11 is 0. The third kappa shape index (κ3) is 5.23. The van der Waals surface area contributed by atoms with Crippen molar-refractivity contribution in [3.05, 3.63) is 71.3 Å². The summed E-state index contributed by atoms with van der Waals surface area (Å²) in [6.07, 6.45) is -15.1. The summed E-state index contributed by atoms with van der Waals surface area (Å²) in [6, 6.07) is 8.30. The van der Waals surface area contributed by atoms with Gasteiger partial charge < -0.3 is 9.47 Å². The van der Waals surface area contributed by atoms with E-state index in [0.29, 0.717) is 18.2 Å². The Kier molecular flexibility index (Phi) is 6.51. The Balaban J connectivity index is 2.49. The predicted octanol–water partition coefficient (Wildman–Crippen LogP) is 8.27. The van der Waals surface area contributed by atoms with Gasteiger partial charge in [0, 0.05) is 11.1 Å². The minimum atomic E-state index is -5.20. The third-order valence-electron chi connectivity index (χ3n) is 4.87. The molecule has 34 heavy (non-hydrogen) atoms. The maximum Gasteiger partial charge on any atom is 0.573 e. The first-order valence-corrected chi connectivity index (χ1v) is 9.45. The van der Waals surface area contributed by atoms with E-state index in [1.807, 2.05) is 0 Å². The second kappa shape index (κ2) is 8.77. The SMILES string of the molecule is COc1cccc(C(F)(F)F)c1-c1c(C)cc(C(F)(F)F)cc1-c1ccccc1OC(F)(F)F. The molecule has 0 aromatic heterocycles. The minimum absolute atomic E-state index is 0.262. The second-order valence-corrected chi connectivity index (χ2v) is 7.14. The fraction of sp³-hybridized carbons (Fsp3) is 0.217. The zero-order valence-corrected chi connectivity index (χ0v) is 17.4. The number of alkyl halides is 9. The monoisotopic (exact) mass is 494 g/mol. The Hall–Kier alpha value is -3.37. The van der Waals surface area contributed by atoms with E-state index in [1.54, 1.807) is 0 Å². The lowest BCUT2D eigenvalue weighted by atomic mass is 9.86. The van der Waals surface area contributed by atoms with Crippen molar-refractivity contribution in [2.45, 2.75) is 25.6 Å². The summed E-state index contributed by atoms with van der Waals surface area (Å²) < 4.78 is 130. The van der Waals surface area contributed by atoms with Crippen molar-refractivity contribution in [1.29, 1.82) is 0 Å². The molecular weight excluding hydrogens is 479 g/mol. The third-order valence-corrected chi connectivity index (χ3v) is 4.87. The number of rotatable bonds is 4. The van der Waals surface area contributed by atoms with Crippen LogP contribution in [0.3, 0.4) is 0 Å². The van der Waals surface area contributed by atoms with Gasteiger partial charge in [0.2, 0.25) is 0 Å². The second-order valence-electron chi connectivity index (χ2n) is 7.14. The fourth-order valence-corrected chi connectivity index (χ4v) is 3.59. The van der Waals surface area contributed by atoms with Crippen LogP contribution in [0.5, 0.6) is 11.5 Å². The Morgan fingerprint density at radius 3 is 1.82 bits per heavy atom. The highest BCUT2D eigenvalue weighted by molar-refractivity contribution is 5.92. The first kappa shape index (κ1) is 25.3. The van der Waals surface area contributed by atoms with Crippen LogP contribution in [0.25, 0.3) is 22.3 Å². The summed E-state index contributed by atoms with van der Waals surface area (Å²) in [5.74, 6) is -1.20. The smallest absolute Gasteiger partial charge is 0.496 e. The molecule has 0 saturated heterocycles. The number of aryl methyl sites for hydroxylation is 1. The normalized spacial score (nSPS) is 12.6.